The van der Waals surface area contributed by atoms with Crippen molar-refractivity contribution in [1.82, 2.24) is 4.90 Å². The van der Waals surface area contributed by atoms with Crippen LogP contribution >= 0.6 is 11.8 Å². The predicted molar refractivity (Wildman–Crippen MR) is 171 cm³/mol. The first-order valence-corrected chi connectivity index (χ1v) is 18.6. The minimum absolute atomic E-state index is 0.00472. The van der Waals surface area contributed by atoms with E-state index >= 15 is 0 Å². The molecule has 246 valence electrons. The molecule has 0 amide bonds. The van der Waals surface area contributed by atoms with Crippen molar-refractivity contribution in [1.29, 1.82) is 0 Å². The Kier molecular flexibility index (Phi) is 10.1. The highest BCUT2D eigenvalue weighted by Gasteiger charge is 2.53. The highest BCUT2D eigenvalue weighted by atomic mass is 32.2. The van der Waals surface area contributed by atoms with Crippen LogP contribution in [0.15, 0.2) is 23.9 Å². The number of allylic oxidation sites excluding steroid dienone is 3. The van der Waals surface area contributed by atoms with E-state index in [9.17, 15) is 33.2 Å². The largest absolute Gasteiger partial charge is 0.371 e. The van der Waals surface area contributed by atoms with Crippen LogP contribution in [0.1, 0.15) is 84.5 Å². The van der Waals surface area contributed by atoms with E-state index in [0.29, 0.717) is 56.5 Å². The second-order valence-corrected chi connectivity index (χ2v) is 17.0. The van der Waals surface area contributed by atoms with Crippen molar-refractivity contribution in [2.24, 2.45) is 23.0 Å². The van der Waals surface area contributed by atoms with E-state index in [4.69, 9.17) is 5.73 Å². The molecular weight excluding hydrogens is 606 g/mol. The summed E-state index contributed by atoms with van der Waals surface area (Å²) in [6.45, 7) is 6.27. The Morgan fingerprint density at radius 3 is 2.39 bits per heavy atom. The minimum Gasteiger partial charge on any atom is -0.371 e. The molecule has 12 nitrogen and oxygen atoms in total. The van der Waals surface area contributed by atoms with Crippen molar-refractivity contribution in [2.75, 3.05) is 19.6 Å². The van der Waals surface area contributed by atoms with Gasteiger partial charge in [-0.3, -0.25) is 24.8 Å². The highest BCUT2D eigenvalue weighted by molar-refractivity contribution is 8.14. The lowest BCUT2D eigenvalue weighted by atomic mass is 9.71. The van der Waals surface area contributed by atoms with E-state index < -0.39 is 27.5 Å². The number of nitrogens with zero attached hydrogens (tertiary/aromatic N) is 4. The van der Waals surface area contributed by atoms with Crippen LogP contribution in [-0.2, 0) is 10.1 Å². The summed E-state index contributed by atoms with van der Waals surface area (Å²) in [6.07, 6.45) is 14.0. The Balaban J connectivity index is 1.42. The van der Waals surface area contributed by atoms with Gasteiger partial charge in [0.05, 0.1) is 16.9 Å². The molecule has 0 aromatic carbocycles. The van der Waals surface area contributed by atoms with Gasteiger partial charge in [0.25, 0.3) is 10.1 Å². The summed E-state index contributed by atoms with van der Waals surface area (Å²) in [7, 11) is -4.10. The van der Waals surface area contributed by atoms with Gasteiger partial charge in [-0.05, 0) is 68.8 Å². The van der Waals surface area contributed by atoms with Crippen LogP contribution in [0.5, 0.6) is 0 Å². The number of nitro groups is 2. The van der Waals surface area contributed by atoms with Crippen molar-refractivity contribution in [3.63, 3.8) is 0 Å². The van der Waals surface area contributed by atoms with Crippen LogP contribution in [-0.4, -0.2) is 91.6 Å². The number of rotatable bonds is 10. The lowest BCUT2D eigenvalue weighted by molar-refractivity contribution is -0.590. The average molecular weight is 655 g/mol. The fraction of sp³-hybridized carbons (Fsp3) is 0.833. The maximum Gasteiger partial charge on any atom is 0.267 e. The van der Waals surface area contributed by atoms with Crippen LogP contribution in [0.25, 0.3) is 0 Å². The molecule has 0 aromatic heterocycles. The van der Waals surface area contributed by atoms with Gasteiger partial charge < -0.3 is 10.6 Å². The van der Waals surface area contributed by atoms with Gasteiger partial charge in [0.15, 0.2) is 6.04 Å². The summed E-state index contributed by atoms with van der Waals surface area (Å²) in [5.74, 6) is -0.0270. The molecule has 0 bridgehead atoms. The van der Waals surface area contributed by atoms with E-state index in [0.717, 1.165) is 43.0 Å². The number of hydrogen-bond acceptors (Lipinski definition) is 9. The van der Waals surface area contributed by atoms with Crippen molar-refractivity contribution in [3.05, 3.63) is 44.2 Å². The van der Waals surface area contributed by atoms with Gasteiger partial charge >= 0.3 is 0 Å². The lowest BCUT2D eigenvalue weighted by Crippen LogP contribution is -2.43. The Morgan fingerprint density at radius 1 is 1.07 bits per heavy atom. The van der Waals surface area contributed by atoms with Crippen molar-refractivity contribution >= 4 is 26.9 Å². The topological polar surface area (TPSA) is 173 Å². The molecule has 4 fully saturated rings. The monoisotopic (exact) mass is 654 g/mol. The molecule has 3 aliphatic carbocycles. The predicted octanol–water partition coefficient (Wildman–Crippen LogP) is 4.10. The summed E-state index contributed by atoms with van der Waals surface area (Å²) >= 11 is 1.86. The zero-order valence-electron chi connectivity index (χ0n) is 25.8. The summed E-state index contributed by atoms with van der Waals surface area (Å²) < 4.78 is 36.3. The fourth-order valence-electron chi connectivity index (χ4n) is 8.82. The third-order valence-corrected chi connectivity index (χ3v) is 13.7. The standard InChI is InChI=1S/C30H47N5O7S2/c1-30(2)24-18-23(44(40,41)42)11-12-25(24)32(14-6-13-31)28(30)9-5-10-29-33(26-7-3-4-8-27(26)43-29)19-20-15-21(34(36)37)17-22(16-20)35(38)39/h5,9-10,20-27H,3-4,6-8,11-19,31H2,1-2H3/p+1. The van der Waals surface area contributed by atoms with Crippen LogP contribution in [0.3, 0.4) is 0 Å². The molecule has 1 saturated heterocycles. The molecule has 3 N–H and O–H groups in total. The molecule has 3 saturated carbocycles. The number of fused-ring (bicyclic) bond motifs is 2. The summed E-state index contributed by atoms with van der Waals surface area (Å²) in [6, 6.07) is -1.23. The molecule has 0 aromatic rings. The second-order valence-electron chi connectivity index (χ2n) is 14.0. The van der Waals surface area contributed by atoms with Crippen LogP contribution in [0, 0.1) is 37.5 Å². The normalized spacial score (nSPS) is 36.5. The van der Waals surface area contributed by atoms with E-state index in [1.54, 1.807) is 0 Å². The van der Waals surface area contributed by atoms with Crippen molar-refractivity contribution < 1.29 is 27.4 Å². The van der Waals surface area contributed by atoms with Gasteiger partial charge in [0, 0.05) is 64.8 Å². The van der Waals surface area contributed by atoms with Gasteiger partial charge in [-0.1, -0.05) is 26.3 Å². The summed E-state index contributed by atoms with van der Waals surface area (Å²) in [5.41, 5.74) is 6.74. The molecule has 44 heavy (non-hydrogen) atoms. The van der Waals surface area contributed by atoms with Gasteiger partial charge in [-0.15, -0.1) is 0 Å². The molecule has 0 radical (unpaired) electrons. The number of nitrogens with two attached hydrogens (primary N) is 1. The van der Waals surface area contributed by atoms with E-state index in [1.165, 1.54) is 6.42 Å². The van der Waals surface area contributed by atoms with E-state index in [1.807, 2.05) is 11.8 Å². The minimum atomic E-state index is -4.10. The van der Waals surface area contributed by atoms with Crippen LogP contribution < -0.4 is 5.73 Å². The molecule has 14 heteroatoms. The maximum absolute atomic E-state index is 12.0. The summed E-state index contributed by atoms with van der Waals surface area (Å²) in [4.78, 5) is 25.1. The molecule has 2 heterocycles. The zero-order valence-corrected chi connectivity index (χ0v) is 27.5. The summed E-state index contributed by atoms with van der Waals surface area (Å²) in [5, 5.41) is 24.1. The Morgan fingerprint density at radius 2 is 1.75 bits per heavy atom. The zero-order chi connectivity index (χ0) is 31.8. The first kappa shape index (κ1) is 33.3. The quantitative estimate of drug-likeness (QED) is 0.151. The van der Waals surface area contributed by atoms with Crippen molar-refractivity contribution in [3.8, 4) is 0 Å². The first-order valence-electron chi connectivity index (χ1n) is 16.2. The number of hydrogen-bond donors (Lipinski definition) is 2. The molecule has 2 aliphatic heterocycles. The third kappa shape index (κ3) is 6.87. The smallest absolute Gasteiger partial charge is 0.267 e. The second kappa shape index (κ2) is 13.4. The maximum atomic E-state index is 12.0. The van der Waals surface area contributed by atoms with Gasteiger partial charge in [-0.25, -0.2) is 4.58 Å². The third-order valence-electron chi connectivity index (χ3n) is 11.0. The fourth-order valence-corrected chi connectivity index (χ4v) is 11.2. The number of likely N-dealkylation sites (tertiary alicyclic amines) is 1. The van der Waals surface area contributed by atoms with E-state index in [-0.39, 0.29) is 39.6 Å². The molecule has 5 rings (SSSR count). The van der Waals surface area contributed by atoms with Crippen molar-refractivity contribution in [2.45, 2.75) is 119 Å². The average Bonchev–Trinajstić information content (AvgIpc) is 3.42. The Hall–Kier alpha value is -2.03. The molecule has 7 atom stereocenters. The van der Waals surface area contributed by atoms with Gasteiger partial charge in [-0.2, -0.15) is 8.42 Å². The lowest BCUT2D eigenvalue weighted by Gasteiger charge is -2.37. The van der Waals surface area contributed by atoms with E-state index in [2.05, 4.69) is 41.6 Å². The van der Waals surface area contributed by atoms with Gasteiger partial charge in [0.2, 0.25) is 17.1 Å². The van der Waals surface area contributed by atoms with Crippen LogP contribution in [0.4, 0.5) is 0 Å². The molecule has 5 aliphatic rings. The molecular formula is C30H48N5O7S2+. The SMILES string of the molecule is CC1(C)/C(=C\C=C\C2=[N+](CC3CC([N+](=O)[O-])CC([N+](=O)[O-])C3)C3CCCCC3S2)N(CCCN)C2CCC(S(=O)(=O)O)CC21. The Bertz CT molecular complexity index is 1290. The van der Waals surface area contributed by atoms with Crippen LogP contribution in [0.2, 0.25) is 0 Å². The highest BCUT2D eigenvalue weighted by Crippen LogP contribution is 2.54. The van der Waals surface area contributed by atoms with Gasteiger partial charge in [0.1, 0.15) is 6.54 Å². The molecule has 0 spiro atoms. The first-order chi connectivity index (χ1) is 20.8. The Labute approximate surface area is 264 Å². The number of thioether (sulfide) groups is 1. The molecule has 7 unspecified atom stereocenters.